The van der Waals surface area contributed by atoms with E-state index in [0.29, 0.717) is 104 Å². The van der Waals surface area contributed by atoms with Gasteiger partial charge in [-0.15, -0.1) is 0 Å². The molecule has 11 heteroatoms. The summed E-state index contributed by atoms with van der Waals surface area (Å²) in [6.07, 6.45) is 9.25. The molecule has 0 amide bonds. The summed E-state index contributed by atoms with van der Waals surface area (Å²) in [7, 11) is 0. The van der Waals surface area contributed by atoms with E-state index >= 15 is 0 Å². The Bertz CT molecular complexity index is 3700. The fourth-order valence-electron chi connectivity index (χ4n) is 13.3. The lowest BCUT2D eigenvalue weighted by Gasteiger charge is -2.31. The molecular formula is C73H91Cl2N5O4. The number of H-pyrrole nitrogens is 1. The summed E-state index contributed by atoms with van der Waals surface area (Å²) in [5, 5.41) is 13.7. The molecule has 0 radical (unpaired) electrons. The number of fused-ring (bicyclic) bond motifs is 3. The predicted octanol–water partition coefficient (Wildman–Crippen LogP) is 20.2. The van der Waals surface area contributed by atoms with Gasteiger partial charge in [0.2, 0.25) is 11.8 Å². The molecule has 3 aromatic heterocycles. The highest BCUT2D eigenvalue weighted by molar-refractivity contribution is 6.31. The first-order valence-electron chi connectivity index (χ1n) is 30.5. The smallest absolute Gasteiger partial charge is 0.251 e. The van der Waals surface area contributed by atoms with E-state index in [2.05, 4.69) is 145 Å². The molecule has 84 heavy (non-hydrogen) atoms. The van der Waals surface area contributed by atoms with E-state index in [4.69, 9.17) is 58.1 Å². The highest BCUT2D eigenvalue weighted by Crippen LogP contribution is 2.44. The molecule has 9 nitrogen and oxygen atoms in total. The minimum atomic E-state index is 0.136. The summed E-state index contributed by atoms with van der Waals surface area (Å²) in [6.45, 7) is 47.5. The van der Waals surface area contributed by atoms with Gasteiger partial charge in [0, 0.05) is 26.4 Å². The molecule has 0 saturated carbocycles. The molecule has 0 saturated heterocycles. The normalized spacial score (nSPS) is 16.4. The molecule has 6 atom stereocenters. The van der Waals surface area contributed by atoms with Crippen LogP contribution in [0.5, 0.6) is 11.5 Å². The number of hydrogen-bond acceptors (Lipinski definition) is 7. The van der Waals surface area contributed by atoms with E-state index in [-0.39, 0.29) is 44.7 Å². The van der Waals surface area contributed by atoms with Gasteiger partial charge in [-0.2, -0.15) is 5.26 Å². The molecule has 1 aliphatic carbocycles. The molecule has 0 fully saturated rings. The first kappa shape index (κ1) is 63.8. The van der Waals surface area contributed by atoms with Crippen LogP contribution >= 0.6 is 23.2 Å². The van der Waals surface area contributed by atoms with Crippen molar-refractivity contribution < 1.29 is 18.3 Å². The van der Waals surface area contributed by atoms with Gasteiger partial charge >= 0.3 is 0 Å². The van der Waals surface area contributed by atoms with Crippen LogP contribution in [0.2, 0.25) is 10.0 Å². The largest absolute Gasteiger partial charge is 0.493 e. The van der Waals surface area contributed by atoms with Gasteiger partial charge in [0.15, 0.2) is 11.2 Å². The number of halogens is 2. The molecule has 0 spiro atoms. The summed E-state index contributed by atoms with van der Waals surface area (Å²) in [6, 6.07) is 29.4. The summed E-state index contributed by atoms with van der Waals surface area (Å²) in [5.41, 5.74) is 8.09. The van der Waals surface area contributed by atoms with Crippen molar-refractivity contribution in [2.45, 2.75) is 169 Å². The fourth-order valence-corrected chi connectivity index (χ4v) is 13.6. The molecule has 7 aromatic rings. The van der Waals surface area contributed by atoms with Crippen molar-refractivity contribution in [1.29, 1.82) is 5.26 Å². The van der Waals surface area contributed by atoms with Crippen LogP contribution in [0.15, 0.2) is 93.8 Å². The van der Waals surface area contributed by atoms with Crippen molar-refractivity contribution in [1.82, 2.24) is 15.0 Å². The molecule has 0 bridgehead atoms. The number of nitrogens with zero attached hydrogens (tertiary/aromatic N) is 4. The number of aromatic nitrogens is 3. The number of benzene rings is 4. The second kappa shape index (κ2) is 26.2. The SMILES string of the molecule is [C-]#[N+]/C(=C1/CC(c2cccc(OCC(CCC(C)CC(C)(C)C)C(C)CC(C)(C)C)c2)=c2c1c(-c1cccc(OCC(CCC(C)CC(C)(C)C)C(C)CC(C)(C)C)c1)[nH]/c2=C(/C#N)c1nc2cc(Cl)ccc2o1)c1nc2cc(Cl)ccc2o1. The maximum absolute atomic E-state index is 11.4. The number of hydrogen-bond donors (Lipinski definition) is 1. The Balaban J connectivity index is 1.30. The summed E-state index contributed by atoms with van der Waals surface area (Å²) in [5.74, 6) is 4.56. The van der Waals surface area contributed by atoms with Gasteiger partial charge in [0.1, 0.15) is 34.2 Å². The summed E-state index contributed by atoms with van der Waals surface area (Å²) < 4.78 is 26.7. The summed E-state index contributed by atoms with van der Waals surface area (Å²) >= 11 is 13.0. The Morgan fingerprint density at radius 2 is 1.10 bits per heavy atom. The Kier molecular flexibility index (Phi) is 19.8. The predicted molar refractivity (Wildman–Crippen MR) is 348 cm³/mol. The van der Waals surface area contributed by atoms with Crippen LogP contribution in [0, 0.1) is 75.1 Å². The first-order valence-corrected chi connectivity index (χ1v) is 31.3. The van der Waals surface area contributed by atoms with Gasteiger partial charge in [-0.3, -0.25) is 0 Å². The second-order valence-corrected chi connectivity index (χ2v) is 30.4. The highest BCUT2D eigenvalue weighted by atomic mass is 35.5. The third-order valence-electron chi connectivity index (χ3n) is 16.5. The van der Waals surface area contributed by atoms with E-state index in [9.17, 15) is 5.26 Å². The lowest BCUT2D eigenvalue weighted by Crippen LogP contribution is -2.28. The molecule has 0 aliphatic heterocycles. The van der Waals surface area contributed by atoms with Crippen molar-refractivity contribution in [3.63, 3.8) is 0 Å². The molecule has 1 N–H and O–H groups in total. The molecule has 1 aliphatic rings. The average molecular weight is 1170 g/mol. The highest BCUT2D eigenvalue weighted by Gasteiger charge is 2.33. The van der Waals surface area contributed by atoms with Crippen molar-refractivity contribution in [3.8, 4) is 28.8 Å². The van der Waals surface area contributed by atoms with Gasteiger partial charge in [-0.25, -0.2) is 14.8 Å². The molecule has 3 heterocycles. The standard InChI is InChI=1S/C73H91Cl2N5O4/c1-44(37-70(5,6)7)24-26-50(46(3)39-72(11,12)13)42-81-54-22-18-20-48(32-54)56-36-57(67(77-17)69-79-60-35-53(75)29-31-62(60)84-69)64-63(56)66(58(41-76)68-78-59-34-52(74)28-30-61(59)83-68)80-65(64)49-21-19-23-55(33-49)82-43-51(47(4)40-73(14,15)16)27-25-45(2)38-71(8,9)10/h18-23,28-35,44-47,50-51,80H,24-27,36-40,42-43H2,1-16H3/b66-58-,67-57-. The van der Waals surface area contributed by atoms with E-state index in [1.165, 1.54) is 12.8 Å². The molecule has 6 unspecified atom stereocenters. The van der Waals surface area contributed by atoms with E-state index in [0.717, 1.165) is 77.5 Å². The van der Waals surface area contributed by atoms with Crippen LogP contribution in [0.4, 0.5) is 0 Å². The minimum Gasteiger partial charge on any atom is -0.493 e. The van der Waals surface area contributed by atoms with Crippen LogP contribution in [0.25, 0.3) is 60.7 Å². The van der Waals surface area contributed by atoms with E-state index in [1.807, 2.05) is 30.3 Å². The Labute approximate surface area is 511 Å². The molecule has 446 valence electrons. The third-order valence-corrected chi connectivity index (χ3v) is 17.0. The minimum absolute atomic E-state index is 0.136. The molecular weight excluding hydrogens is 1080 g/mol. The zero-order valence-electron chi connectivity index (χ0n) is 53.0. The number of rotatable bonds is 22. The van der Waals surface area contributed by atoms with Gasteiger partial charge in [0.05, 0.1) is 30.8 Å². The van der Waals surface area contributed by atoms with Crippen molar-refractivity contribution in [2.24, 2.45) is 57.2 Å². The van der Waals surface area contributed by atoms with Crippen LogP contribution in [0.1, 0.15) is 191 Å². The van der Waals surface area contributed by atoms with Crippen molar-refractivity contribution in [2.75, 3.05) is 13.2 Å². The van der Waals surface area contributed by atoms with Crippen molar-refractivity contribution in [3.05, 3.63) is 140 Å². The van der Waals surface area contributed by atoms with Crippen LogP contribution in [0.3, 0.4) is 0 Å². The molecule has 4 aromatic carbocycles. The lowest BCUT2D eigenvalue weighted by molar-refractivity contribution is 0.147. The number of nitriles is 1. The lowest BCUT2D eigenvalue weighted by atomic mass is 9.76. The fraction of sp³-hybridized carbons (Fsp3) is 0.507. The Morgan fingerprint density at radius 1 is 0.631 bits per heavy atom. The van der Waals surface area contributed by atoms with Gasteiger partial charge < -0.3 is 23.3 Å². The Morgan fingerprint density at radius 3 is 1.57 bits per heavy atom. The van der Waals surface area contributed by atoms with Crippen molar-refractivity contribution >= 4 is 67.8 Å². The summed E-state index contributed by atoms with van der Waals surface area (Å²) in [4.78, 5) is 17.8. The van der Waals surface area contributed by atoms with E-state index < -0.39 is 0 Å². The average Bonchev–Trinajstić information content (AvgIpc) is 1.66. The first-order chi connectivity index (χ1) is 39.4. The maximum Gasteiger partial charge on any atom is 0.251 e. The topological polar surface area (TPSA) is 114 Å². The monoisotopic (exact) mass is 1170 g/mol. The zero-order chi connectivity index (χ0) is 61.1. The van der Waals surface area contributed by atoms with Crippen LogP contribution < -0.4 is 20.0 Å². The number of oxazole rings is 2. The van der Waals surface area contributed by atoms with E-state index in [1.54, 1.807) is 36.4 Å². The quantitative estimate of drug-likeness (QED) is 0.0672. The van der Waals surface area contributed by atoms with Gasteiger partial charge in [-0.05, 0) is 179 Å². The maximum atomic E-state index is 11.4. The third kappa shape index (κ3) is 16.6. The zero-order valence-corrected chi connectivity index (χ0v) is 54.5. The van der Waals surface area contributed by atoms with Crippen LogP contribution in [-0.2, 0) is 0 Å². The molecule has 8 rings (SSSR count). The number of aromatic amines is 1. The number of allylic oxidation sites excluding steroid dienone is 1. The second-order valence-electron chi connectivity index (χ2n) is 29.5. The number of ether oxygens (including phenoxy) is 2. The Hall–Kier alpha value is -6.26. The van der Waals surface area contributed by atoms with Gasteiger partial charge in [-0.1, -0.05) is 171 Å². The van der Waals surface area contributed by atoms with Crippen LogP contribution in [-0.4, -0.2) is 28.2 Å². The van der Waals surface area contributed by atoms with Gasteiger partial charge in [0.25, 0.3) is 5.70 Å². The number of nitrogens with one attached hydrogen (secondary N) is 1.